The Morgan fingerprint density at radius 2 is 1.64 bits per heavy atom. The molecule has 0 unspecified atom stereocenters. The zero-order valence-corrected chi connectivity index (χ0v) is 12.2. The van der Waals surface area contributed by atoms with E-state index in [1.807, 2.05) is 13.8 Å². The van der Waals surface area contributed by atoms with Gasteiger partial charge in [-0.25, -0.2) is 22.9 Å². The van der Waals surface area contributed by atoms with E-state index in [9.17, 15) is 18.0 Å². The number of aromatic carboxylic acids is 1. The van der Waals surface area contributed by atoms with Crippen LogP contribution in [0.4, 0.5) is 13.2 Å². The Bertz CT molecular complexity index is 667. The molecule has 0 aliphatic heterocycles. The number of ether oxygens (including phenoxy) is 1. The summed E-state index contributed by atoms with van der Waals surface area (Å²) in [5.41, 5.74) is -1.77. The highest BCUT2D eigenvalue weighted by atomic mass is 19.1. The van der Waals surface area contributed by atoms with Gasteiger partial charge >= 0.3 is 5.97 Å². The topological polar surface area (TPSA) is 59.4 Å². The smallest absolute Gasteiger partial charge is 0.357 e. The molecular formula is C15H14F3NO3. The Kier molecular flexibility index (Phi) is 5.91. The van der Waals surface area contributed by atoms with Crippen LogP contribution in [0, 0.1) is 17.5 Å². The first-order valence-electron chi connectivity index (χ1n) is 6.37. The molecule has 0 spiro atoms. The molecule has 2 rings (SSSR count). The van der Waals surface area contributed by atoms with Gasteiger partial charge in [-0.15, -0.1) is 0 Å². The lowest BCUT2D eigenvalue weighted by molar-refractivity contribution is 0.0685. The molecule has 1 aromatic heterocycles. The second kappa shape index (κ2) is 7.44. The van der Waals surface area contributed by atoms with Crippen molar-refractivity contribution < 1.29 is 27.8 Å². The number of halogens is 3. The first kappa shape index (κ1) is 17.5. The Morgan fingerprint density at radius 3 is 2.09 bits per heavy atom. The van der Waals surface area contributed by atoms with Crippen molar-refractivity contribution in [3.05, 3.63) is 47.4 Å². The summed E-state index contributed by atoms with van der Waals surface area (Å²) >= 11 is 0. The number of hydrogen-bond acceptors (Lipinski definition) is 3. The Labute approximate surface area is 125 Å². The van der Waals surface area contributed by atoms with Gasteiger partial charge in [0.15, 0.2) is 11.5 Å². The van der Waals surface area contributed by atoms with Crippen molar-refractivity contribution in [3.8, 4) is 17.0 Å². The van der Waals surface area contributed by atoms with Crippen molar-refractivity contribution >= 4 is 5.97 Å². The number of pyridine rings is 1. The lowest BCUT2D eigenvalue weighted by Gasteiger charge is -2.08. The molecule has 0 aliphatic carbocycles. The second-order valence-electron chi connectivity index (χ2n) is 3.80. The number of carboxylic acids is 1. The molecule has 0 saturated carbocycles. The molecule has 0 fully saturated rings. The molecule has 0 radical (unpaired) electrons. The van der Waals surface area contributed by atoms with Crippen LogP contribution in [0.25, 0.3) is 11.3 Å². The fourth-order valence-electron chi connectivity index (χ4n) is 1.64. The quantitative estimate of drug-likeness (QED) is 0.933. The van der Waals surface area contributed by atoms with E-state index < -0.39 is 34.7 Å². The second-order valence-corrected chi connectivity index (χ2v) is 3.80. The van der Waals surface area contributed by atoms with Crippen LogP contribution in [0.5, 0.6) is 5.75 Å². The van der Waals surface area contributed by atoms with Gasteiger partial charge in [0, 0.05) is 12.1 Å². The number of benzene rings is 1. The number of rotatable bonds is 3. The largest absolute Gasteiger partial charge is 0.497 e. The average molecular weight is 313 g/mol. The Balaban J connectivity index is 0.00000116. The summed E-state index contributed by atoms with van der Waals surface area (Å²) in [6.07, 6.45) is 0. The predicted octanol–water partition coefficient (Wildman–Crippen LogP) is 3.90. The maximum absolute atomic E-state index is 13.8. The molecule has 0 aliphatic rings. The predicted molar refractivity (Wildman–Crippen MR) is 74.4 cm³/mol. The third-order valence-corrected chi connectivity index (χ3v) is 2.56. The van der Waals surface area contributed by atoms with E-state index in [0.29, 0.717) is 0 Å². The maximum atomic E-state index is 13.8. The molecule has 7 heteroatoms. The number of aromatic nitrogens is 1. The van der Waals surface area contributed by atoms with E-state index in [1.54, 1.807) is 0 Å². The molecule has 22 heavy (non-hydrogen) atoms. The monoisotopic (exact) mass is 313 g/mol. The van der Waals surface area contributed by atoms with Crippen LogP contribution in [-0.4, -0.2) is 23.2 Å². The zero-order chi connectivity index (χ0) is 16.9. The lowest BCUT2D eigenvalue weighted by atomic mass is 10.1. The zero-order valence-electron chi connectivity index (χ0n) is 12.2. The third kappa shape index (κ3) is 3.55. The van der Waals surface area contributed by atoms with Crippen molar-refractivity contribution in [1.82, 2.24) is 4.98 Å². The van der Waals surface area contributed by atoms with Gasteiger partial charge in [-0.3, -0.25) is 0 Å². The highest BCUT2D eigenvalue weighted by Gasteiger charge is 2.19. The van der Waals surface area contributed by atoms with Crippen molar-refractivity contribution in [3.63, 3.8) is 0 Å². The third-order valence-electron chi connectivity index (χ3n) is 2.56. The van der Waals surface area contributed by atoms with Gasteiger partial charge < -0.3 is 9.84 Å². The maximum Gasteiger partial charge on any atom is 0.357 e. The molecule has 1 heterocycles. The molecule has 4 nitrogen and oxygen atoms in total. The van der Waals surface area contributed by atoms with Crippen molar-refractivity contribution in [2.24, 2.45) is 0 Å². The number of nitrogens with zero attached hydrogens (tertiary/aromatic N) is 1. The highest BCUT2D eigenvalue weighted by molar-refractivity contribution is 5.86. The molecule has 0 atom stereocenters. The van der Waals surface area contributed by atoms with Crippen LogP contribution in [0.1, 0.15) is 24.3 Å². The summed E-state index contributed by atoms with van der Waals surface area (Å²) in [6, 6.07) is 3.62. The number of carboxylic acid groups (broad SMARTS) is 1. The van der Waals surface area contributed by atoms with Gasteiger partial charge in [-0.05, 0) is 12.1 Å². The van der Waals surface area contributed by atoms with E-state index in [-0.39, 0.29) is 11.4 Å². The van der Waals surface area contributed by atoms with E-state index >= 15 is 0 Å². The van der Waals surface area contributed by atoms with Crippen LogP contribution in [0.2, 0.25) is 0 Å². The fourth-order valence-corrected chi connectivity index (χ4v) is 1.64. The number of methoxy groups -OCH3 is 1. The molecule has 118 valence electrons. The minimum Gasteiger partial charge on any atom is -0.497 e. The van der Waals surface area contributed by atoms with Gasteiger partial charge in [-0.1, -0.05) is 13.8 Å². The Morgan fingerprint density at radius 1 is 1.09 bits per heavy atom. The summed E-state index contributed by atoms with van der Waals surface area (Å²) in [4.78, 5) is 14.2. The van der Waals surface area contributed by atoms with Crippen LogP contribution in [-0.2, 0) is 0 Å². The van der Waals surface area contributed by atoms with Gasteiger partial charge in [0.2, 0.25) is 0 Å². The first-order valence-corrected chi connectivity index (χ1v) is 6.37. The van der Waals surface area contributed by atoms with E-state index in [1.165, 1.54) is 7.11 Å². The minimum atomic E-state index is -1.63. The van der Waals surface area contributed by atoms with Gasteiger partial charge in [0.25, 0.3) is 0 Å². The molecule has 0 saturated heterocycles. The van der Waals surface area contributed by atoms with Crippen LogP contribution in [0.15, 0.2) is 24.3 Å². The molecule has 0 bridgehead atoms. The minimum absolute atomic E-state index is 0.0377. The van der Waals surface area contributed by atoms with Crippen molar-refractivity contribution in [2.45, 2.75) is 13.8 Å². The number of carbonyl (C=O) groups is 1. The standard InChI is InChI=1S/C13H8F3NO3.C2H6/c1-20-6-4-8(15)11(9(16)5-6)10-3-2-7(14)12(17-10)13(18)19;1-2/h2-5H,1H3,(H,18,19);1-2H3. The normalized spacial score (nSPS) is 9.73. The van der Waals surface area contributed by atoms with Crippen LogP contribution in [0.3, 0.4) is 0 Å². The first-order chi connectivity index (χ1) is 10.4. The van der Waals surface area contributed by atoms with Gasteiger partial charge in [0.1, 0.15) is 17.4 Å². The Hall–Kier alpha value is -2.57. The number of hydrogen-bond donors (Lipinski definition) is 1. The van der Waals surface area contributed by atoms with E-state index in [4.69, 9.17) is 9.84 Å². The molecule has 0 amide bonds. The summed E-state index contributed by atoms with van der Waals surface area (Å²) in [5, 5.41) is 8.75. The van der Waals surface area contributed by atoms with E-state index in [2.05, 4.69) is 4.98 Å². The van der Waals surface area contributed by atoms with Crippen molar-refractivity contribution in [2.75, 3.05) is 7.11 Å². The van der Waals surface area contributed by atoms with Crippen LogP contribution < -0.4 is 4.74 Å². The lowest BCUT2D eigenvalue weighted by Crippen LogP contribution is -2.06. The summed E-state index contributed by atoms with van der Waals surface area (Å²) in [5.74, 6) is -4.73. The molecule has 1 aromatic carbocycles. The molecule has 2 aromatic rings. The van der Waals surface area contributed by atoms with Gasteiger partial charge in [-0.2, -0.15) is 0 Å². The summed E-state index contributed by atoms with van der Waals surface area (Å²) in [7, 11) is 1.24. The van der Waals surface area contributed by atoms with Crippen molar-refractivity contribution in [1.29, 1.82) is 0 Å². The molecule has 1 N–H and O–H groups in total. The van der Waals surface area contributed by atoms with Crippen LogP contribution >= 0.6 is 0 Å². The summed E-state index contributed by atoms with van der Waals surface area (Å²) in [6.45, 7) is 4.00. The fraction of sp³-hybridized carbons (Fsp3) is 0.200. The SMILES string of the molecule is CC.COc1cc(F)c(-c2ccc(F)c(C(=O)O)n2)c(F)c1. The highest BCUT2D eigenvalue weighted by Crippen LogP contribution is 2.29. The van der Waals surface area contributed by atoms with E-state index in [0.717, 1.165) is 24.3 Å². The van der Waals surface area contributed by atoms with Gasteiger partial charge in [0.05, 0.1) is 18.4 Å². The average Bonchev–Trinajstić information content (AvgIpc) is 2.49. The molecular weight excluding hydrogens is 299 g/mol. The summed E-state index contributed by atoms with van der Waals surface area (Å²) < 4.78 is 45.5.